The molecule has 0 bridgehead atoms. The summed E-state index contributed by atoms with van der Waals surface area (Å²) < 4.78 is 18.9. The quantitative estimate of drug-likeness (QED) is 0.886. The minimum atomic E-state index is -0.242. The summed E-state index contributed by atoms with van der Waals surface area (Å²) in [6.45, 7) is 4.81. The lowest BCUT2D eigenvalue weighted by Crippen LogP contribution is -2.26. The van der Waals surface area contributed by atoms with Crippen molar-refractivity contribution in [3.63, 3.8) is 0 Å². The van der Waals surface area contributed by atoms with E-state index in [0.717, 1.165) is 11.3 Å². The lowest BCUT2D eigenvalue weighted by Gasteiger charge is -2.10. The van der Waals surface area contributed by atoms with Gasteiger partial charge in [-0.25, -0.2) is 4.39 Å². The SMILES string of the molecule is CCOc1ccc(C(=O)NCCc2ccccc2F)cc1C. The number of hydrogen-bond donors (Lipinski definition) is 1. The third-order valence-electron chi connectivity index (χ3n) is 3.37. The maximum atomic E-state index is 13.5. The van der Waals surface area contributed by atoms with E-state index < -0.39 is 0 Å². The highest BCUT2D eigenvalue weighted by atomic mass is 19.1. The van der Waals surface area contributed by atoms with Crippen LogP contribution in [0.15, 0.2) is 42.5 Å². The zero-order chi connectivity index (χ0) is 15.9. The minimum Gasteiger partial charge on any atom is -0.494 e. The van der Waals surface area contributed by atoms with Gasteiger partial charge in [0.25, 0.3) is 5.91 Å². The van der Waals surface area contributed by atoms with Gasteiger partial charge in [-0.05, 0) is 55.7 Å². The van der Waals surface area contributed by atoms with Crippen LogP contribution < -0.4 is 10.1 Å². The van der Waals surface area contributed by atoms with Crippen molar-refractivity contribution in [3.8, 4) is 5.75 Å². The Hall–Kier alpha value is -2.36. The van der Waals surface area contributed by atoms with E-state index in [0.29, 0.717) is 30.7 Å². The van der Waals surface area contributed by atoms with E-state index >= 15 is 0 Å². The highest BCUT2D eigenvalue weighted by molar-refractivity contribution is 5.94. The predicted molar refractivity (Wildman–Crippen MR) is 84.8 cm³/mol. The molecule has 0 aliphatic carbocycles. The average Bonchev–Trinajstić information content (AvgIpc) is 2.51. The first kappa shape index (κ1) is 16.0. The predicted octanol–water partition coefficient (Wildman–Crippen LogP) is 3.51. The Morgan fingerprint density at radius 2 is 2.00 bits per heavy atom. The summed E-state index contributed by atoms with van der Waals surface area (Å²) in [5, 5.41) is 2.81. The molecule has 0 aromatic heterocycles. The number of carbonyl (C=O) groups is 1. The number of nitrogens with one attached hydrogen (secondary N) is 1. The molecule has 0 aliphatic rings. The van der Waals surface area contributed by atoms with E-state index in [1.54, 1.807) is 36.4 Å². The van der Waals surface area contributed by atoms with Gasteiger partial charge >= 0.3 is 0 Å². The Morgan fingerprint density at radius 1 is 1.23 bits per heavy atom. The zero-order valence-corrected chi connectivity index (χ0v) is 12.9. The topological polar surface area (TPSA) is 38.3 Å². The second kappa shape index (κ2) is 7.59. The summed E-state index contributed by atoms with van der Waals surface area (Å²) >= 11 is 0. The van der Waals surface area contributed by atoms with E-state index in [1.807, 2.05) is 13.8 Å². The first-order chi connectivity index (χ1) is 10.6. The average molecular weight is 301 g/mol. The second-order valence-electron chi connectivity index (χ2n) is 5.01. The van der Waals surface area contributed by atoms with Crippen LogP contribution in [0.4, 0.5) is 4.39 Å². The van der Waals surface area contributed by atoms with Crippen molar-refractivity contribution >= 4 is 5.91 Å². The van der Waals surface area contributed by atoms with Crippen LogP contribution in [0.5, 0.6) is 5.75 Å². The maximum Gasteiger partial charge on any atom is 0.251 e. The van der Waals surface area contributed by atoms with Crippen LogP contribution in [0.25, 0.3) is 0 Å². The third-order valence-corrected chi connectivity index (χ3v) is 3.37. The smallest absolute Gasteiger partial charge is 0.251 e. The van der Waals surface area contributed by atoms with E-state index in [1.165, 1.54) is 6.07 Å². The van der Waals surface area contributed by atoms with Gasteiger partial charge in [0.15, 0.2) is 0 Å². The van der Waals surface area contributed by atoms with Crippen LogP contribution in [-0.2, 0) is 6.42 Å². The molecule has 2 aromatic carbocycles. The van der Waals surface area contributed by atoms with Gasteiger partial charge in [-0.3, -0.25) is 4.79 Å². The highest BCUT2D eigenvalue weighted by Gasteiger charge is 2.08. The lowest BCUT2D eigenvalue weighted by atomic mass is 10.1. The van der Waals surface area contributed by atoms with Crippen LogP contribution in [0.3, 0.4) is 0 Å². The molecule has 116 valence electrons. The number of aryl methyl sites for hydroxylation is 1. The summed E-state index contributed by atoms with van der Waals surface area (Å²) in [6.07, 6.45) is 0.467. The number of hydrogen-bond acceptors (Lipinski definition) is 2. The van der Waals surface area contributed by atoms with Crippen molar-refractivity contribution < 1.29 is 13.9 Å². The molecule has 3 nitrogen and oxygen atoms in total. The molecule has 1 N–H and O–H groups in total. The largest absolute Gasteiger partial charge is 0.494 e. The molecule has 22 heavy (non-hydrogen) atoms. The van der Waals surface area contributed by atoms with Crippen molar-refractivity contribution in [2.45, 2.75) is 20.3 Å². The Morgan fingerprint density at radius 3 is 2.68 bits per heavy atom. The number of ether oxygens (including phenoxy) is 1. The molecule has 0 unspecified atom stereocenters. The van der Waals surface area contributed by atoms with Crippen LogP contribution in [0.1, 0.15) is 28.4 Å². The normalized spacial score (nSPS) is 10.3. The summed E-state index contributed by atoms with van der Waals surface area (Å²) in [5.41, 5.74) is 2.10. The Balaban J connectivity index is 1.92. The molecule has 0 saturated carbocycles. The van der Waals surface area contributed by atoms with Crippen LogP contribution in [-0.4, -0.2) is 19.1 Å². The second-order valence-corrected chi connectivity index (χ2v) is 5.01. The van der Waals surface area contributed by atoms with Gasteiger partial charge in [0, 0.05) is 12.1 Å². The molecular weight excluding hydrogens is 281 g/mol. The van der Waals surface area contributed by atoms with Gasteiger partial charge in [0.05, 0.1) is 6.61 Å². The number of amides is 1. The molecule has 0 saturated heterocycles. The number of halogens is 1. The van der Waals surface area contributed by atoms with Crippen LogP contribution in [0, 0.1) is 12.7 Å². The number of rotatable bonds is 6. The zero-order valence-electron chi connectivity index (χ0n) is 12.9. The van der Waals surface area contributed by atoms with E-state index in [4.69, 9.17) is 4.74 Å². The molecule has 2 aromatic rings. The van der Waals surface area contributed by atoms with Gasteiger partial charge < -0.3 is 10.1 Å². The van der Waals surface area contributed by atoms with Crippen molar-refractivity contribution in [1.82, 2.24) is 5.32 Å². The van der Waals surface area contributed by atoms with Crippen LogP contribution >= 0.6 is 0 Å². The summed E-state index contributed by atoms with van der Waals surface area (Å²) in [5.74, 6) is 0.376. The van der Waals surface area contributed by atoms with Gasteiger partial charge in [-0.15, -0.1) is 0 Å². The number of benzene rings is 2. The van der Waals surface area contributed by atoms with Gasteiger partial charge in [-0.1, -0.05) is 18.2 Å². The van der Waals surface area contributed by atoms with E-state index in [9.17, 15) is 9.18 Å². The minimum absolute atomic E-state index is 0.164. The molecule has 1 amide bonds. The third kappa shape index (κ3) is 4.07. The summed E-state index contributed by atoms with van der Waals surface area (Å²) in [4.78, 5) is 12.1. The van der Waals surface area contributed by atoms with Crippen molar-refractivity contribution in [2.24, 2.45) is 0 Å². The van der Waals surface area contributed by atoms with Gasteiger partial charge in [0.2, 0.25) is 0 Å². The number of carbonyl (C=O) groups excluding carboxylic acids is 1. The fourth-order valence-electron chi connectivity index (χ4n) is 2.22. The molecule has 0 heterocycles. The standard InChI is InChI=1S/C18H20FNO2/c1-3-22-17-9-8-15(12-13(17)2)18(21)20-11-10-14-6-4-5-7-16(14)19/h4-9,12H,3,10-11H2,1-2H3,(H,20,21). The lowest BCUT2D eigenvalue weighted by molar-refractivity contribution is 0.0954. The maximum absolute atomic E-state index is 13.5. The monoisotopic (exact) mass is 301 g/mol. The van der Waals surface area contributed by atoms with Gasteiger partial charge in [0.1, 0.15) is 11.6 Å². The van der Waals surface area contributed by atoms with Crippen molar-refractivity contribution in [1.29, 1.82) is 0 Å². The van der Waals surface area contributed by atoms with Crippen molar-refractivity contribution in [3.05, 3.63) is 65.0 Å². The molecule has 0 atom stereocenters. The molecule has 0 spiro atoms. The Bertz CT molecular complexity index is 655. The van der Waals surface area contributed by atoms with Crippen LogP contribution in [0.2, 0.25) is 0 Å². The highest BCUT2D eigenvalue weighted by Crippen LogP contribution is 2.19. The molecule has 4 heteroatoms. The Labute approximate surface area is 130 Å². The first-order valence-corrected chi connectivity index (χ1v) is 7.37. The van der Waals surface area contributed by atoms with E-state index in [2.05, 4.69) is 5.32 Å². The molecule has 0 radical (unpaired) electrons. The summed E-state index contributed by atoms with van der Waals surface area (Å²) in [7, 11) is 0. The molecule has 0 aliphatic heterocycles. The van der Waals surface area contributed by atoms with Gasteiger partial charge in [-0.2, -0.15) is 0 Å². The fraction of sp³-hybridized carbons (Fsp3) is 0.278. The first-order valence-electron chi connectivity index (χ1n) is 7.37. The Kier molecular flexibility index (Phi) is 5.53. The van der Waals surface area contributed by atoms with Crippen molar-refractivity contribution in [2.75, 3.05) is 13.2 Å². The van der Waals surface area contributed by atoms with E-state index in [-0.39, 0.29) is 11.7 Å². The molecular formula is C18H20FNO2. The molecule has 0 fully saturated rings. The molecule has 2 rings (SSSR count). The fourth-order valence-corrected chi connectivity index (χ4v) is 2.22. The summed E-state index contributed by atoms with van der Waals surface area (Å²) in [6, 6.07) is 11.9.